The summed E-state index contributed by atoms with van der Waals surface area (Å²) in [6.07, 6.45) is 2.88. The van der Waals surface area contributed by atoms with Crippen molar-refractivity contribution in [2.45, 2.75) is 19.4 Å². The molecule has 6 nitrogen and oxygen atoms in total. The summed E-state index contributed by atoms with van der Waals surface area (Å²) < 4.78 is 5.40. The van der Waals surface area contributed by atoms with Gasteiger partial charge >= 0.3 is 0 Å². The fourth-order valence-electron chi connectivity index (χ4n) is 2.87. The third kappa shape index (κ3) is 3.00. The molecule has 6 heteroatoms. The maximum absolute atomic E-state index is 5.40. The van der Waals surface area contributed by atoms with E-state index in [1.54, 1.807) is 6.20 Å². The molecule has 1 aliphatic heterocycles. The van der Waals surface area contributed by atoms with Gasteiger partial charge in [-0.15, -0.1) is 0 Å². The van der Waals surface area contributed by atoms with Gasteiger partial charge in [-0.1, -0.05) is 29.4 Å². The van der Waals surface area contributed by atoms with Crippen LogP contribution in [0.25, 0.3) is 22.8 Å². The summed E-state index contributed by atoms with van der Waals surface area (Å²) >= 11 is 0. The van der Waals surface area contributed by atoms with E-state index in [1.165, 1.54) is 0 Å². The number of hydrogen-bond donors (Lipinski definition) is 2. The molecular formula is C18H19N5O. The molecule has 0 spiro atoms. The molecule has 122 valence electrons. The van der Waals surface area contributed by atoms with Gasteiger partial charge in [0.25, 0.3) is 5.89 Å². The van der Waals surface area contributed by atoms with E-state index in [4.69, 9.17) is 4.52 Å². The van der Waals surface area contributed by atoms with Gasteiger partial charge in [0, 0.05) is 24.3 Å². The van der Waals surface area contributed by atoms with Crippen molar-refractivity contribution >= 4 is 5.82 Å². The molecule has 1 unspecified atom stereocenters. The smallest absolute Gasteiger partial charge is 0.259 e. The van der Waals surface area contributed by atoms with Crippen LogP contribution in [-0.4, -0.2) is 34.3 Å². The molecular weight excluding hydrogens is 302 g/mol. The van der Waals surface area contributed by atoms with Crippen LogP contribution in [0.3, 0.4) is 0 Å². The molecule has 2 N–H and O–H groups in total. The summed E-state index contributed by atoms with van der Waals surface area (Å²) in [4.78, 5) is 8.95. The highest BCUT2D eigenvalue weighted by Gasteiger charge is 2.15. The van der Waals surface area contributed by atoms with E-state index in [0.29, 0.717) is 17.8 Å². The summed E-state index contributed by atoms with van der Waals surface area (Å²) in [5.74, 6) is 1.95. The number of aryl methyl sites for hydroxylation is 1. The first kappa shape index (κ1) is 14.8. The third-order valence-corrected chi connectivity index (χ3v) is 4.23. The largest absolute Gasteiger partial charge is 0.366 e. The Balaban J connectivity index is 1.53. The van der Waals surface area contributed by atoms with Crippen molar-refractivity contribution in [3.8, 4) is 22.8 Å². The standard InChI is InChI=1S/C18H19N5O/c1-12-4-2-3-5-15(12)17-22-18(24-23-17)13-6-7-16(20-10-13)21-14-8-9-19-11-14/h2-7,10,14,19H,8-9,11H2,1H3,(H,20,21). The molecule has 3 heterocycles. The molecule has 0 radical (unpaired) electrons. The van der Waals surface area contributed by atoms with Crippen LogP contribution in [0.4, 0.5) is 5.82 Å². The molecule has 1 fully saturated rings. The van der Waals surface area contributed by atoms with Crippen molar-refractivity contribution in [2.75, 3.05) is 18.4 Å². The van der Waals surface area contributed by atoms with Crippen molar-refractivity contribution in [3.05, 3.63) is 48.2 Å². The van der Waals surface area contributed by atoms with E-state index in [1.807, 2.05) is 43.3 Å². The van der Waals surface area contributed by atoms with Gasteiger partial charge in [0.1, 0.15) is 5.82 Å². The highest BCUT2D eigenvalue weighted by molar-refractivity contribution is 5.62. The molecule has 3 aromatic rings. The number of benzene rings is 1. The summed E-state index contributed by atoms with van der Waals surface area (Å²) in [6.45, 7) is 4.07. The fourth-order valence-corrected chi connectivity index (χ4v) is 2.87. The Kier molecular flexibility index (Phi) is 3.96. The zero-order chi connectivity index (χ0) is 16.4. The number of anilines is 1. The van der Waals surface area contributed by atoms with Gasteiger partial charge < -0.3 is 15.2 Å². The number of aromatic nitrogens is 3. The van der Waals surface area contributed by atoms with Crippen molar-refractivity contribution in [1.29, 1.82) is 0 Å². The van der Waals surface area contributed by atoms with Gasteiger partial charge in [-0.3, -0.25) is 0 Å². The quantitative estimate of drug-likeness (QED) is 0.769. The lowest BCUT2D eigenvalue weighted by atomic mass is 10.1. The monoisotopic (exact) mass is 321 g/mol. The van der Waals surface area contributed by atoms with Crippen LogP contribution in [0.1, 0.15) is 12.0 Å². The van der Waals surface area contributed by atoms with E-state index < -0.39 is 0 Å². The summed E-state index contributed by atoms with van der Waals surface area (Å²) in [7, 11) is 0. The van der Waals surface area contributed by atoms with Crippen LogP contribution < -0.4 is 10.6 Å². The third-order valence-electron chi connectivity index (χ3n) is 4.23. The molecule has 1 saturated heterocycles. The van der Waals surface area contributed by atoms with Crippen molar-refractivity contribution in [1.82, 2.24) is 20.4 Å². The van der Waals surface area contributed by atoms with Crippen LogP contribution >= 0.6 is 0 Å². The van der Waals surface area contributed by atoms with E-state index in [-0.39, 0.29) is 0 Å². The minimum Gasteiger partial charge on any atom is -0.366 e. The van der Waals surface area contributed by atoms with Gasteiger partial charge in [-0.2, -0.15) is 4.98 Å². The highest BCUT2D eigenvalue weighted by Crippen LogP contribution is 2.24. The molecule has 0 aliphatic carbocycles. The zero-order valence-corrected chi connectivity index (χ0v) is 13.5. The minimum atomic E-state index is 0.444. The first-order valence-corrected chi connectivity index (χ1v) is 8.13. The molecule has 24 heavy (non-hydrogen) atoms. The molecule has 1 aliphatic rings. The lowest BCUT2D eigenvalue weighted by Crippen LogP contribution is -2.22. The number of nitrogens with one attached hydrogen (secondary N) is 2. The molecule has 0 saturated carbocycles. The molecule has 4 rings (SSSR count). The van der Waals surface area contributed by atoms with Crippen LogP contribution in [0.15, 0.2) is 47.1 Å². The van der Waals surface area contributed by atoms with Crippen LogP contribution in [0, 0.1) is 6.92 Å². The predicted octanol–water partition coefficient (Wildman–Crippen LogP) is 2.88. The lowest BCUT2D eigenvalue weighted by Gasteiger charge is -2.11. The average Bonchev–Trinajstić information content (AvgIpc) is 3.28. The zero-order valence-electron chi connectivity index (χ0n) is 13.5. The lowest BCUT2D eigenvalue weighted by molar-refractivity contribution is 0.432. The normalized spacial score (nSPS) is 17.1. The summed E-state index contributed by atoms with van der Waals surface area (Å²) in [6, 6.07) is 12.3. The second-order valence-corrected chi connectivity index (χ2v) is 6.00. The second-order valence-electron chi connectivity index (χ2n) is 6.00. The fraction of sp³-hybridized carbons (Fsp3) is 0.278. The SMILES string of the molecule is Cc1ccccc1-c1noc(-c2ccc(NC3CCNC3)nc2)n1. The van der Waals surface area contributed by atoms with E-state index in [2.05, 4.69) is 25.8 Å². The maximum Gasteiger partial charge on any atom is 0.259 e. The Morgan fingerprint density at radius 3 is 2.88 bits per heavy atom. The highest BCUT2D eigenvalue weighted by atomic mass is 16.5. The van der Waals surface area contributed by atoms with Crippen molar-refractivity contribution in [2.24, 2.45) is 0 Å². The number of nitrogens with zero attached hydrogens (tertiary/aromatic N) is 3. The van der Waals surface area contributed by atoms with Crippen LogP contribution in [0.2, 0.25) is 0 Å². The average molecular weight is 321 g/mol. The van der Waals surface area contributed by atoms with Crippen molar-refractivity contribution in [3.63, 3.8) is 0 Å². The number of rotatable bonds is 4. The maximum atomic E-state index is 5.40. The Bertz CT molecular complexity index is 821. The van der Waals surface area contributed by atoms with Crippen molar-refractivity contribution < 1.29 is 4.52 Å². The van der Waals surface area contributed by atoms with E-state index in [9.17, 15) is 0 Å². The van der Waals surface area contributed by atoms with E-state index in [0.717, 1.165) is 42.0 Å². The van der Waals surface area contributed by atoms with Crippen LogP contribution in [0.5, 0.6) is 0 Å². The molecule has 0 bridgehead atoms. The first-order chi connectivity index (χ1) is 11.8. The minimum absolute atomic E-state index is 0.444. The van der Waals surface area contributed by atoms with E-state index >= 15 is 0 Å². The van der Waals surface area contributed by atoms with Crippen LogP contribution in [-0.2, 0) is 0 Å². The Hall–Kier alpha value is -2.73. The Labute approximate surface area is 140 Å². The number of hydrogen-bond acceptors (Lipinski definition) is 6. The Morgan fingerprint density at radius 2 is 2.12 bits per heavy atom. The molecule has 1 atom stereocenters. The van der Waals surface area contributed by atoms with Gasteiger partial charge in [-0.05, 0) is 37.6 Å². The van der Waals surface area contributed by atoms with Gasteiger partial charge in [0.05, 0.1) is 5.56 Å². The first-order valence-electron chi connectivity index (χ1n) is 8.13. The van der Waals surface area contributed by atoms with Gasteiger partial charge in [0.2, 0.25) is 5.82 Å². The van der Waals surface area contributed by atoms with Gasteiger partial charge in [0.15, 0.2) is 0 Å². The number of pyridine rings is 1. The molecule has 1 aromatic carbocycles. The summed E-state index contributed by atoms with van der Waals surface area (Å²) in [5, 5.41) is 10.8. The second kappa shape index (κ2) is 6.41. The molecule has 0 amide bonds. The van der Waals surface area contributed by atoms with Gasteiger partial charge in [-0.25, -0.2) is 4.98 Å². The Morgan fingerprint density at radius 1 is 1.21 bits per heavy atom. The topological polar surface area (TPSA) is 75.9 Å². The molecule has 2 aromatic heterocycles. The predicted molar refractivity (Wildman–Crippen MR) is 92.6 cm³/mol. The summed E-state index contributed by atoms with van der Waals surface area (Å²) in [5.41, 5.74) is 2.91.